The van der Waals surface area contributed by atoms with Crippen molar-refractivity contribution in [2.45, 2.75) is 6.73 Å². The Kier molecular flexibility index (Phi) is 2.27. The van der Waals surface area contributed by atoms with Crippen LogP contribution in [0.2, 0.25) is 0 Å². The van der Waals surface area contributed by atoms with E-state index < -0.39 is 0 Å². The van der Waals surface area contributed by atoms with Crippen LogP contribution in [-0.2, 0) is 6.73 Å². The Morgan fingerprint density at radius 1 is 1.38 bits per heavy atom. The summed E-state index contributed by atoms with van der Waals surface area (Å²) < 4.78 is 7.15. The van der Waals surface area contributed by atoms with Gasteiger partial charge in [-0.15, -0.1) is 0 Å². The number of rotatable bonds is 3. The summed E-state index contributed by atoms with van der Waals surface area (Å²) in [6, 6.07) is 12.2. The molecule has 0 spiro atoms. The fourth-order valence-corrected chi connectivity index (χ4v) is 0.985. The van der Waals surface area contributed by atoms with Crippen molar-refractivity contribution < 1.29 is 4.74 Å². The van der Waals surface area contributed by atoms with Crippen molar-refractivity contribution in [3.63, 3.8) is 0 Å². The highest BCUT2D eigenvalue weighted by molar-refractivity contribution is 5.19. The van der Waals surface area contributed by atoms with Gasteiger partial charge in [0.25, 0.3) is 0 Å². The van der Waals surface area contributed by atoms with Crippen LogP contribution in [0.15, 0.2) is 42.7 Å². The summed E-state index contributed by atoms with van der Waals surface area (Å²) >= 11 is 0. The Labute approximate surface area is 76.6 Å². The van der Waals surface area contributed by atoms with E-state index in [1.54, 1.807) is 10.9 Å². The van der Waals surface area contributed by atoms with Crippen molar-refractivity contribution in [3.8, 4) is 5.75 Å². The van der Waals surface area contributed by atoms with Crippen LogP contribution in [-0.4, -0.2) is 9.78 Å². The minimum absolute atomic E-state index is 0.441. The normalized spacial score (nSPS) is 9.85. The maximum atomic E-state index is 5.43. The van der Waals surface area contributed by atoms with E-state index in [1.165, 1.54) is 0 Å². The fraction of sp³-hybridized carbons (Fsp3) is 0.100. The lowest BCUT2D eigenvalue weighted by Crippen LogP contribution is -2.04. The number of ether oxygens (including phenoxy) is 1. The van der Waals surface area contributed by atoms with Crippen LogP contribution < -0.4 is 4.74 Å². The van der Waals surface area contributed by atoms with Crippen LogP contribution in [0.5, 0.6) is 5.75 Å². The van der Waals surface area contributed by atoms with Crippen molar-refractivity contribution in [1.82, 2.24) is 9.78 Å². The monoisotopic (exact) mass is 173 g/mol. The first-order valence-corrected chi connectivity index (χ1v) is 4.01. The van der Waals surface area contributed by atoms with Gasteiger partial charge in [-0.1, -0.05) is 12.1 Å². The number of nitrogens with zero attached hydrogens (tertiary/aromatic N) is 2. The molecule has 65 valence electrons. The molecule has 0 saturated heterocycles. The quantitative estimate of drug-likeness (QED) is 0.706. The highest BCUT2D eigenvalue weighted by Crippen LogP contribution is 2.08. The SMILES string of the molecule is [c]1ccc(OCn2cccn2)cc1. The van der Waals surface area contributed by atoms with Crippen LogP contribution in [0.4, 0.5) is 0 Å². The number of benzene rings is 1. The molecule has 0 unspecified atom stereocenters. The molecule has 1 heterocycles. The van der Waals surface area contributed by atoms with Crippen molar-refractivity contribution in [2.24, 2.45) is 0 Å². The molecule has 0 saturated carbocycles. The van der Waals surface area contributed by atoms with Crippen molar-refractivity contribution in [2.75, 3.05) is 0 Å². The second-order valence-electron chi connectivity index (χ2n) is 2.55. The van der Waals surface area contributed by atoms with Crippen LogP contribution in [0.3, 0.4) is 0 Å². The Morgan fingerprint density at radius 3 is 2.92 bits per heavy atom. The minimum atomic E-state index is 0.441. The molecule has 1 aromatic heterocycles. The molecular weight excluding hydrogens is 164 g/mol. The molecule has 1 radical (unpaired) electrons. The first-order chi connectivity index (χ1) is 6.45. The Morgan fingerprint density at radius 2 is 2.23 bits per heavy atom. The maximum absolute atomic E-state index is 5.43. The highest BCUT2D eigenvalue weighted by atomic mass is 16.5. The zero-order chi connectivity index (χ0) is 8.93. The Hall–Kier alpha value is -1.77. The molecule has 0 N–H and O–H groups in total. The zero-order valence-corrected chi connectivity index (χ0v) is 7.05. The molecule has 3 heteroatoms. The summed E-state index contributed by atoms with van der Waals surface area (Å²) in [6.45, 7) is 0.441. The van der Waals surface area contributed by atoms with Gasteiger partial charge in [0, 0.05) is 12.4 Å². The van der Waals surface area contributed by atoms with Crippen LogP contribution in [0, 0.1) is 6.07 Å². The van der Waals surface area contributed by atoms with Gasteiger partial charge in [-0.3, -0.25) is 0 Å². The lowest BCUT2D eigenvalue weighted by atomic mass is 10.3. The van der Waals surface area contributed by atoms with Gasteiger partial charge >= 0.3 is 0 Å². The summed E-state index contributed by atoms with van der Waals surface area (Å²) in [5.41, 5.74) is 0. The van der Waals surface area contributed by atoms with E-state index >= 15 is 0 Å². The average molecular weight is 173 g/mol. The molecule has 0 aliphatic rings. The predicted molar refractivity (Wildman–Crippen MR) is 48.1 cm³/mol. The summed E-state index contributed by atoms with van der Waals surface area (Å²) in [5.74, 6) is 0.828. The van der Waals surface area contributed by atoms with Gasteiger partial charge in [-0.25, -0.2) is 4.68 Å². The van der Waals surface area contributed by atoms with E-state index in [9.17, 15) is 0 Å². The van der Waals surface area contributed by atoms with Crippen LogP contribution >= 0.6 is 0 Å². The molecule has 2 aromatic rings. The van der Waals surface area contributed by atoms with E-state index in [1.807, 2.05) is 36.5 Å². The summed E-state index contributed by atoms with van der Waals surface area (Å²) in [6.07, 6.45) is 3.58. The first kappa shape index (κ1) is 7.86. The molecule has 0 atom stereocenters. The van der Waals surface area contributed by atoms with E-state index in [2.05, 4.69) is 11.2 Å². The van der Waals surface area contributed by atoms with Crippen LogP contribution in [0.1, 0.15) is 0 Å². The molecule has 1 aromatic carbocycles. The minimum Gasteiger partial charge on any atom is -0.471 e. The van der Waals surface area contributed by atoms with Gasteiger partial charge < -0.3 is 4.74 Å². The van der Waals surface area contributed by atoms with Gasteiger partial charge in [0.1, 0.15) is 5.75 Å². The van der Waals surface area contributed by atoms with Gasteiger partial charge in [-0.2, -0.15) is 5.10 Å². The maximum Gasteiger partial charge on any atom is 0.180 e. The van der Waals surface area contributed by atoms with E-state index in [0.717, 1.165) is 5.75 Å². The molecule has 0 aliphatic carbocycles. The molecular formula is C10H9N2O. The number of aromatic nitrogens is 2. The lowest BCUT2D eigenvalue weighted by molar-refractivity contribution is 0.221. The summed E-state index contributed by atoms with van der Waals surface area (Å²) in [4.78, 5) is 0. The van der Waals surface area contributed by atoms with E-state index in [0.29, 0.717) is 6.73 Å². The molecule has 0 aliphatic heterocycles. The average Bonchev–Trinajstić information content (AvgIpc) is 2.69. The van der Waals surface area contributed by atoms with Gasteiger partial charge in [0.05, 0.1) is 0 Å². The van der Waals surface area contributed by atoms with Crippen LogP contribution in [0.25, 0.3) is 0 Å². The van der Waals surface area contributed by atoms with Crippen molar-refractivity contribution in [3.05, 3.63) is 48.8 Å². The largest absolute Gasteiger partial charge is 0.471 e. The molecule has 0 bridgehead atoms. The molecule has 3 nitrogen and oxygen atoms in total. The Balaban J connectivity index is 1.94. The third-order valence-electron chi connectivity index (χ3n) is 1.61. The standard InChI is InChI=1S/C10H9N2O/c1-2-5-10(6-3-1)13-9-12-8-4-7-11-12/h2-8H,9H2. The highest BCUT2D eigenvalue weighted by Gasteiger charge is 1.91. The molecule has 13 heavy (non-hydrogen) atoms. The molecule has 0 fully saturated rings. The second-order valence-corrected chi connectivity index (χ2v) is 2.55. The first-order valence-electron chi connectivity index (χ1n) is 4.01. The lowest BCUT2D eigenvalue weighted by Gasteiger charge is -2.04. The van der Waals surface area contributed by atoms with E-state index in [-0.39, 0.29) is 0 Å². The number of hydrogen-bond acceptors (Lipinski definition) is 2. The molecule has 0 amide bonds. The zero-order valence-electron chi connectivity index (χ0n) is 7.05. The fourth-order valence-electron chi connectivity index (χ4n) is 0.985. The van der Waals surface area contributed by atoms with Crippen molar-refractivity contribution in [1.29, 1.82) is 0 Å². The third kappa shape index (κ3) is 2.08. The Bertz CT molecular complexity index is 342. The van der Waals surface area contributed by atoms with Gasteiger partial charge in [-0.05, 0) is 24.3 Å². The van der Waals surface area contributed by atoms with E-state index in [4.69, 9.17) is 4.74 Å². The summed E-state index contributed by atoms with van der Waals surface area (Å²) in [5, 5.41) is 4.02. The second kappa shape index (κ2) is 3.76. The third-order valence-corrected chi connectivity index (χ3v) is 1.61. The van der Waals surface area contributed by atoms with Gasteiger partial charge in [0.2, 0.25) is 0 Å². The summed E-state index contributed by atoms with van der Waals surface area (Å²) in [7, 11) is 0. The predicted octanol–water partition coefficient (Wildman–Crippen LogP) is 1.72. The topological polar surface area (TPSA) is 27.1 Å². The van der Waals surface area contributed by atoms with Gasteiger partial charge in [0.15, 0.2) is 6.73 Å². The number of hydrogen-bond donors (Lipinski definition) is 0. The van der Waals surface area contributed by atoms with Crippen molar-refractivity contribution >= 4 is 0 Å². The smallest absolute Gasteiger partial charge is 0.180 e. The molecule has 2 rings (SSSR count).